The van der Waals surface area contributed by atoms with Crippen LogP contribution in [0.2, 0.25) is 0 Å². The van der Waals surface area contributed by atoms with E-state index in [0.29, 0.717) is 24.4 Å². The SMILES string of the molecule is CCN1CCN(C2=C(c3ccc(OC)cc3)C(=O)N(c3cccc(C(F)(F)F)c3)C2=O)CC1. The van der Waals surface area contributed by atoms with Crippen LogP contribution in [0.1, 0.15) is 18.1 Å². The fourth-order valence-corrected chi connectivity index (χ4v) is 4.17. The number of carbonyl (C=O) groups excluding carboxylic acids is 2. The van der Waals surface area contributed by atoms with Crippen molar-refractivity contribution in [1.82, 2.24) is 9.80 Å². The molecule has 0 bridgehead atoms. The Morgan fingerprint density at radius 1 is 0.939 bits per heavy atom. The number of hydrogen-bond acceptors (Lipinski definition) is 5. The van der Waals surface area contributed by atoms with E-state index in [4.69, 9.17) is 4.74 Å². The molecule has 2 aromatic rings. The Bertz CT molecular complexity index is 1090. The van der Waals surface area contributed by atoms with Crippen LogP contribution in [0.5, 0.6) is 5.75 Å². The van der Waals surface area contributed by atoms with Crippen LogP contribution in [0.4, 0.5) is 18.9 Å². The highest BCUT2D eigenvalue weighted by Gasteiger charge is 2.43. The third kappa shape index (κ3) is 4.32. The lowest BCUT2D eigenvalue weighted by Crippen LogP contribution is -2.47. The summed E-state index contributed by atoms with van der Waals surface area (Å²) in [4.78, 5) is 32.0. The summed E-state index contributed by atoms with van der Waals surface area (Å²) in [6.45, 7) is 5.46. The third-order valence-corrected chi connectivity index (χ3v) is 6.01. The number of likely N-dealkylation sites (N-methyl/N-ethyl adjacent to an activating group) is 1. The van der Waals surface area contributed by atoms with Gasteiger partial charge in [0.15, 0.2) is 0 Å². The van der Waals surface area contributed by atoms with Gasteiger partial charge in [0.2, 0.25) is 0 Å². The van der Waals surface area contributed by atoms with Crippen molar-refractivity contribution in [1.29, 1.82) is 0 Å². The van der Waals surface area contributed by atoms with Gasteiger partial charge in [-0.05, 0) is 42.4 Å². The van der Waals surface area contributed by atoms with Gasteiger partial charge in [0, 0.05) is 26.2 Å². The zero-order valence-corrected chi connectivity index (χ0v) is 18.4. The molecule has 2 aliphatic rings. The van der Waals surface area contributed by atoms with Gasteiger partial charge in [-0.1, -0.05) is 25.1 Å². The molecule has 0 spiro atoms. The Kier molecular flexibility index (Phi) is 6.16. The molecule has 0 atom stereocenters. The van der Waals surface area contributed by atoms with E-state index in [1.807, 2.05) is 4.90 Å². The number of rotatable bonds is 5. The molecule has 1 saturated heterocycles. The first-order valence-corrected chi connectivity index (χ1v) is 10.7. The predicted molar refractivity (Wildman–Crippen MR) is 118 cm³/mol. The first-order valence-electron chi connectivity index (χ1n) is 10.7. The zero-order valence-electron chi connectivity index (χ0n) is 18.4. The molecule has 9 heteroatoms. The normalized spacial score (nSPS) is 17.8. The molecule has 0 radical (unpaired) electrons. The minimum absolute atomic E-state index is 0.104. The third-order valence-electron chi connectivity index (χ3n) is 6.01. The Morgan fingerprint density at radius 3 is 2.18 bits per heavy atom. The number of alkyl halides is 3. The van der Waals surface area contributed by atoms with E-state index in [2.05, 4.69) is 11.8 Å². The van der Waals surface area contributed by atoms with E-state index in [1.165, 1.54) is 19.2 Å². The highest BCUT2D eigenvalue weighted by Crippen LogP contribution is 2.38. The van der Waals surface area contributed by atoms with Gasteiger partial charge in [-0.3, -0.25) is 9.59 Å². The van der Waals surface area contributed by atoms with Crippen LogP contribution in [0.25, 0.3) is 5.57 Å². The first-order chi connectivity index (χ1) is 15.7. The summed E-state index contributed by atoms with van der Waals surface area (Å²) in [6.07, 6.45) is -4.59. The second kappa shape index (κ2) is 8.90. The van der Waals surface area contributed by atoms with Crippen molar-refractivity contribution in [2.45, 2.75) is 13.1 Å². The number of methoxy groups -OCH3 is 1. The number of carbonyl (C=O) groups is 2. The fraction of sp³-hybridized carbons (Fsp3) is 0.333. The highest BCUT2D eigenvalue weighted by atomic mass is 19.4. The van der Waals surface area contributed by atoms with Crippen molar-refractivity contribution in [3.05, 3.63) is 65.4 Å². The van der Waals surface area contributed by atoms with Crippen LogP contribution >= 0.6 is 0 Å². The molecule has 4 rings (SSSR count). The summed E-state index contributed by atoms with van der Waals surface area (Å²) in [5, 5.41) is 0. The molecule has 2 aliphatic heterocycles. The van der Waals surface area contributed by atoms with E-state index in [9.17, 15) is 22.8 Å². The van der Waals surface area contributed by atoms with Gasteiger partial charge in [-0.25, -0.2) is 4.90 Å². The maximum atomic E-state index is 13.5. The number of ether oxygens (including phenoxy) is 1. The van der Waals surface area contributed by atoms with E-state index >= 15 is 0 Å². The Labute approximate surface area is 189 Å². The van der Waals surface area contributed by atoms with Crippen molar-refractivity contribution in [2.24, 2.45) is 0 Å². The first kappa shape index (κ1) is 22.8. The standard InChI is InChI=1S/C24H24F3N3O3/c1-3-28-11-13-29(14-12-28)21-20(16-7-9-19(33-2)10-8-16)22(31)30(23(21)32)18-6-4-5-17(15-18)24(25,26)27/h4-10,15H,3,11-14H2,1-2H3. The molecular formula is C24H24F3N3O3. The molecule has 2 heterocycles. The summed E-state index contributed by atoms with van der Waals surface area (Å²) >= 11 is 0. The molecule has 6 nitrogen and oxygen atoms in total. The second-order valence-electron chi connectivity index (χ2n) is 7.87. The number of anilines is 1. The maximum Gasteiger partial charge on any atom is 0.416 e. The smallest absolute Gasteiger partial charge is 0.416 e. The van der Waals surface area contributed by atoms with E-state index in [1.54, 1.807) is 24.3 Å². The van der Waals surface area contributed by atoms with Crippen molar-refractivity contribution in [3.63, 3.8) is 0 Å². The topological polar surface area (TPSA) is 53.1 Å². The van der Waals surface area contributed by atoms with Crippen molar-refractivity contribution in [2.75, 3.05) is 44.7 Å². The summed E-state index contributed by atoms with van der Waals surface area (Å²) in [5.74, 6) is -0.670. The number of benzene rings is 2. The molecule has 0 N–H and O–H groups in total. The van der Waals surface area contributed by atoms with Crippen molar-refractivity contribution >= 4 is 23.1 Å². The van der Waals surface area contributed by atoms with E-state index in [0.717, 1.165) is 36.7 Å². The number of imide groups is 1. The van der Waals surface area contributed by atoms with Gasteiger partial charge in [0.05, 0.1) is 23.9 Å². The maximum absolute atomic E-state index is 13.5. The number of nitrogens with zero attached hydrogens (tertiary/aromatic N) is 3. The number of hydrogen-bond donors (Lipinski definition) is 0. The van der Waals surface area contributed by atoms with Gasteiger partial charge in [0.25, 0.3) is 11.8 Å². The lowest BCUT2D eigenvalue weighted by molar-refractivity contribution is -0.137. The monoisotopic (exact) mass is 459 g/mol. The largest absolute Gasteiger partial charge is 0.497 e. The number of amides is 2. The molecular weight excluding hydrogens is 435 g/mol. The van der Waals surface area contributed by atoms with Gasteiger partial charge in [0.1, 0.15) is 11.4 Å². The van der Waals surface area contributed by atoms with Crippen LogP contribution in [-0.2, 0) is 15.8 Å². The van der Waals surface area contributed by atoms with E-state index in [-0.39, 0.29) is 17.0 Å². The summed E-state index contributed by atoms with van der Waals surface area (Å²) in [6, 6.07) is 11.0. The molecule has 0 saturated carbocycles. The van der Waals surface area contributed by atoms with Gasteiger partial charge < -0.3 is 14.5 Å². The van der Waals surface area contributed by atoms with Gasteiger partial charge in [-0.2, -0.15) is 13.2 Å². The van der Waals surface area contributed by atoms with Crippen LogP contribution in [-0.4, -0.2) is 61.4 Å². The molecule has 33 heavy (non-hydrogen) atoms. The average Bonchev–Trinajstić information content (AvgIpc) is 3.08. The molecule has 2 amide bonds. The Hall–Kier alpha value is -3.33. The van der Waals surface area contributed by atoms with Gasteiger partial charge in [-0.15, -0.1) is 0 Å². The Morgan fingerprint density at radius 2 is 1.61 bits per heavy atom. The summed E-state index contributed by atoms with van der Waals surface area (Å²) in [5.41, 5.74) is -0.107. The van der Waals surface area contributed by atoms with Crippen LogP contribution < -0.4 is 9.64 Å². The highest BCUT2D eigenvalue weighted by molar-refractivity contribution is 6.45. The molecule has 0 unspecified atom stereocenters. The van der Waals surface area contributed by atoms with Gasteiger partial charge >= 0.3 is 6.18 Å². The van der Waals surface area contributed by atoms with E-state index < -0.39 is 23.6 Å². The Balaban J connectivity index is 1.77. The second-order valence-corrected chi connectivity index (χ2v) is 7.87. The lowest BCUT2D eigenvalue weighted by Gasteiger charge is -2.36. The zero-order chi connectivity index (χ0) is 23.8. The van der Waals surface area contributed by atoms with Crippen LogP contribution in [0.3, 0.4) is 0 Å². The van der Waals surface area contributed by atoms with Crippen LogP contribution in [0, 0.1) is 0 Å². The predicted octanol–water partition coefficient (Wildman–Crippen LogP) is 3.64. The van der Waals surface area contributed by atoms with Crippen molar-refractivity contribution in [3.8, 4) is 5.75 Å². The molecule has 174 valence electrons. The average molecular weight is 459 g/mol. The summed E-state index contributed by atoms with van der Waals surface area (Å²) < 4.78 is 45.0. The summed E-state index contributed by atoms with van der Waals surface area (Å²) in [7, 11) is 1.52. The fourth-order valence-electron chi connectivity index (χ4n) is 4.17. The van der Waals surface area contributed by atoms with Crippen LogP contribution in [0.15, 0.2) is 54.2 Å². The molecule has 2 aromatic carbocycles. The molecule has 0 aliphatic carbocycles. The molecule has 1 fully saturated rings. The number of halogens is 3. The van der Waals surface area contributed by atoms with Crippen molar-refractivity contribution < 1.29 is 27.5 Å². The quantitative estimate of drug-likeness (QED) is 0.640. The minimum Gasteiger partial charge on any atom is -0.497 e. The number of piperazine rings is 1. The lowest BCUT2D eigenvalue weighted by atomic mass is 10.0. The molecule has 0 aromatic heterocycles. The minimum atomic E-state index is -4.59.